The van der Waals surface area contributed by atoms with E-state index in [1.54, 1.807) is 0 Å². The second kappa shape index (κ2) is 5.38. The molecule has 2 aromatic carbocycles. The number of hydrogen-bond donors (Lipinski definition) is 2. The molecule has 0 saturated heterocycles. The minimum Gasteiger partial charge on any atom is -0.508 e. The van der Waals surface area contributed by atoms with Gasteiger partial charge in [-0.1, -0.05) is 35.9 Å². The van der Waals surface area contributed by atoms with Crippen molar-refractivity contribution in [2.75, 3.05) is 6.54 Å². The number of hydrogen-bond acceptors (Lipinski definition) is 2. The van der Waals surface area contributed by atoms with Crippen LogP contribution in [0, 0.1) is 5.82 Å². The summed E-state index contributed by atoms with van der Waals surface area (Å²) in [6, 6.07) is 9.95. The van der Waals surface area contributed by atoms with Gasteiger partial charge in [0.1, 0.15) is 11.6 Å². The minimum absolute atomic E-state index is 0.0133. The lowest BCUT2D eigenvalue weighted by molar-refractivity contribution is 0.469. The zero-order valence-corrected chi connectivity index (χ0v) is 10.4. The third-order valence-corrected chi connectivity index (χ3v) is 3.10. The van der Waals surface area contributed by atoms with Crippen molar-refractivity contribution in [2.45, 2.75) is 6.42 Å². The van der Waals surface area contributed by atoms with Gasteiger partial charge in [-0.25, -0.2) is 4.39 Å². The van der Waals surface area contributed by atoms with Gasteiger partial charge in [0, 0.05) is 11.6 Å². The van der Waals surface area contributed by atoms with Crippen LogP contribution in [-0.2, 0) is 6.42 Å². The average molecular weight is 266 g/mol. The fourth-order valence-corrected chi connectivity index (χ4v) is 2.02. The van der Waals surface area contributed by atoms with E-state index in [4.69, 9.17) is 17.3 Å². The van der Waals surface area contributed by atoms with Crippen molar-refractivity contribution in [1.82, 2.24) is 0 Å². The van der Waals surface area contributed by atoms with Gasteiger partial charge in [-0.15, -0.1) is 0 Å². The van der Waals surface area contributed by atoms with Crippen LogP contribution < -0.4 is 5.73 Å². The highest BCUT2D eigenvalue weighted by Crippen LogP contribution is 2.33. The molecule has 0 aliphatic rings. The minimum atomic E-state index is -0.627. The Morgan fingerprint density at radius 2 is 1.83 bits per heavy atom. The Morgan fingerprint density at radius 1 is 1.17 bits per heavy atom. The molecule has 18 heavy (non-hydrogen) atoms. The van der Waals surface area contributed by atoms with Crippen molar-refractivity contribution in [1.29, 1.82) is 0 Å². The topological polar surface area (TPSA) is 46.2 Å². The van der Waals surface area contributed by atoms with E-state index in [0.717, 1.165) is 23.6 Å². The molecule has 4 heteroatoms. The van der Waals surface area contributed by atoms with Crippen molar-refractivity contribution in [2.24, 2.45) is 5.73 Å². The summed E-state index contributed by atoms with van der Waals surface area (Å²) < 4.78 is 13.4. The molecule has 0 spiro atoms. The molecular weight excluding hydrogens is 253 g/mol. The Balaban J connectivity index is 2.42. The molecule has 3 N–H and O–H groups in total. The van der Waals surface area contributed by atoms with Crippen LogP contribution in [0.3, 0.4) is 0 Å². The van der Waals surface area contributed by atoms with Crippen LogP contribution in [0.15, 0.2) is 36.4 Å². The summed E-state index contributed by atoms with van der Waals surface area (Å²) in [4.78, 5) is 0. The summed E-state index contributed by atoms with van der Waals surface area (Å²) in [5.74, 6) is -0.768. The number of phenols is 1. The first-order chi connectivity index (χ1) is 8.61. The molecule has 94 valence electrons. The molecule has 2 rings (SSSR count). The molecular formula is C14H13ClFNO. The van der Waals surface area contributed by atoms with Gasteiger partial charge < -0.3 is 10.8 Å². The molecule has 0 aromatic heterocycles. The van der Waals surface area contributed by atoms with E-state index in [-0.39, 0.29) is 10.8 Å². The first kappa shape index (κ1) is 12.9. The van der Waals surface area contributed by atoms with Crippen molar-refractivity contribution in [3.63, 3.8) is 0 Å². The molecule has 0 heterocycles. The number of nitrogens with two attached hydrogens (primary N) is 1. The third kappa shape index (κ3) is 2.63. The first-order valence-electron chi connectivity index (χ1n) is 5.59. The van der Waals surface area contributed by atoms with Gasteiger partial charge in [-0.2, -0.15) is 0 Å². The number of phenolic OH excluding ortho intramolecular Hbond substituents is 1. The first-order valence-corrected chi connectivity index (χ1v) is 5.97. The maximum absolute atomic E-state index is 13.4. The zero-order valence-electron chi connectivity index (χ0n) is 9.66. The van der Waals surface area contributed by atoms with Crippen LogP contribution in [0.5, 0.6) is 5.75 Å². The zero-order chi connectivity index (χ0) is 13.1. The molecule has 2 nitrogen and oxygen atoms in total. The fraction of sp³-hybridized carbons (Fsp3) is 0.143. The Hall–Kier alpha value is -1.58. The molecule has 0 bridgehead atoms. The van der Waals surface area contributed by atoms with E-state index >= 15 is 0 Å². The number of rotatable bonds is 3. The SMILES string of the molecule is NCCc1ccc(-c2cc(O)cc(F)c2Cl)cc1. The number of benzene rings is 2. The Kier molecular flexibility index (Phi) is 3.84. The molecule has 2 aromatic rings. The van der Waals surface area contributed by atoms with Gasteiger partial charge in [0.2, 0.25) is 0 Å². The summed E-state index contributed by atoms with van der Waals surface area (Å²) in [7, 11) is 0. The molecule has 0 aliphatic heterocycles. The average Bonchev–Trinajstić information content (AvgIpc) is 2.35. The largest absolute Gasteiger partial charge is 0.508 e. The predicted molar refractivity (Wildman–Crippen MR) is 71.3 cm³/mol. The van der Waals surface area contributed by atoms with E-state index in [1.807, 2.05) is 24.3 Å². The lowest BCUT2D eigenvalue weighted by Crippen LogP contribution is -2.02. The Morgan fingerprint density at radius 3 is 2.44 bits per heavy atom. The smallest absolute Gasteiger partial charge is 0.146 e. The summed E-state index contributed by atoms with van der Waals surface area (Å²) in [5.41, 5.74) is 7.82. The molecule has 0 amide bonds. The van der Waals surface area contributed by atoms with E-state index in [0.29, 0.717) is 12.1 Å². The number of halogens is 2. The molecule has 0 fully saturated rings. The molecule has 0 unspecified atom stereocenters. The summed E-state index contributed by atoms with van der Waals surface area (Å²) in [5, 5.41) is 9.42. The molecule has 0 atom stereocenters. The van der Waals surface area contributed by atoms with Gasteiger partial charge in [0.15, 0.2) is 0 Å². The van der Waals surface area contributed by atoms with Gasteiger partial charge in [-0.05, 0) is 30.2 Å². The highest BCUT2D eigenvalue weighted by atomic mass is 35.5. The van der Waals surface area contributed by atoms with Gasteiger partial charge in [0.25, 0.3) is 0 Å². The monoisotopic (exact) mass is 265 g/mol. The maximum atomic E-state index is 13.4. The van der Waals surface area contributed by atoms with Crippen molar-refractivity contribution in [3.8, 4) is 16.9 Å². The van der Waals surface area contributed by atoms with Gasteiger partial charge >= 0.3 is 0 Å². The van der Waals surface area contributed by atoms with Crippen LogP contribution in [0.1, 0.15) is 5.56 Å². The quantitative estimate of drug-likeness (QED) is 0.894. The van der Waals surface area contributed by atoms with Crippen LogP contribution in [-0.4, -0.2) is 11.7 Å². The summed E-state index contributed by atoms with van der Waals surface area (Å²) >= 11 is 5.89. The highest BCUT2D eigenvalue weighted by Gasteiger charge is 2.10. The van der Waals surface area contributed by atoms with E-state index in [2.05, 4.69) is 0 Å². The fourth-order valence-electron chi connectivity index (χ4n) is 1.80. The normalized spacial score (nSPS) is 10.6. The predicted octanol–water partition coefficient (Wildman–Crippen LogP) is 3.35. The summed E-state index contributed by atoms with van der Waals surface area (Å²) in [6.07, 6.45) is 0.794. The van der Waals surface area contributed by atoms with Crippen LogP contribution in [0.25, 0.3) is 11.1 Å². The van der Waals surface area contributed by atoms with Crippen LogP contribution in [0.2, 0.25) is 5.02 Å². The number of aromatic hydroxyl groups is 1. The molecule has 0 aliphatic carbocycles. The second-order valence-corrected chi connectivity index (χ2v) is 4.40. The van der Waals surface area contributed by atoms with E-state index in [9.17, 15) is 9.50 Å². The summed E-state index contributed by atoms with van der Waals surface area (Å²) in [6.45, 7) is 0.584. The van der Waals surface area contributed by atoms with E-state index < -0.39 is 5.82 Å². The lowest BCUT2D eigenvalue weighted by Gasteiger charge is -2.07. The molecule has 0 saturated carbocycles. The lowest BCUT2D eigenvalue weighted by atomic mass is 10.0. The van der Waals surface area contributed by atoms with Crippen molar-refractivity contribution in [3.05, 3.63) is 52.8 Å². The third-order valence-electron chi connectivity index (χ3n) is 2.71. The van der Waals surface area contributed by atoms with Gasteiger partial charge in [0.05, 0.1) is 5.02 Å². The Bertz CT molecular complexity index is 554. The highest BCUT2D eigenvalue weighted by molar-refractivity contribution is 6.33. The van der Waals surface area contributed by atoms with Crippen molar-refractivity contribution < 1.29 is 9.50 Å². The van der Waals surface area contributed by atoms with Crippen LogP contribution >= 0.6 is 11.6 Å². The second-order valence-electron chi connectivity index (χ2n) is 4.02. The van der Waals surface area contributed by atoms with E-state index in [1.165, 1.54) is 6.07 Å². The van der Waals surface area contributed by atoms with Crippen molar-refractivity contribution >= 4 is 11.6 Å². The van der Waals surface area contributed by atoms with Crippen LogP contribution in [0.4, 0.5) is 4.39 Å². The molecule has 0 radical (unpaired) electrons. The van der Waals surface area contributed by atoms with Gasteiger partial charge in [-0.3, -0.25) is 0 Å². The standard InChI is InChI=1S/C14H13ClFNO/c15-14-12(7-11(18)8-13(14)16)10-3-1-9(2-4-10)5-6-17/h1-4,7-8,18H,5-6,17H2. The maximum Gasteiger partial charge on any atom is 0.146 e. The Labute approximate surface area is 110 Å².